The number of nitrogens with two attached hydrogens (primary N) is 1. The summed E-state index contributed by atoms with van der Waals surface area (Å²) in [6, 6.07) is 4.51. The van der Waals surface area contributed by atoms with E-state index in [1.54, 1.807) is 6.07 Å². The number of sulfonamides is 1. The Morgan fingerprint density at radius 2 is 2.24 bits per heavy atom. The minimum absolute atomic E-state index is 0.0181. The molecule has 1 aliphatic rings. The van der Waals surface area contributed by atoms with E-state index in [0.29, 0.717) is 31.1 Å². The van der Waals surface area contributed by atoms with E-state index in [9.17, 15) is 8.42 Å². The van der Waals surface area contributed by atoms with E-state index in [2.05, 4.69) is 0 Å². The molecule has 118 valence electrons. The average molecular weight is 314 g/mol. The van der Waals surface area contributed by atoms with Gasteiger partial charge in [-0.05, 0) is 25.0 Å². The van der Waals surface area contributed by atoms with Crippen molar-refractivity contribution in [2.75, 3.05) is 32.5 Å². The summed E-state index contributed by atoms with van der Waals surface area (Å²) in [5, 5.41) is 0. The highest BCUT2D eigenvalue weighted by Gasteiger charge is 2.28. The fourth-order valence-electron chi connectivity index (χ4n) is 2.41. The van der Waals surface area contributed by atoms with Gasteiger partial charge >= 0.3 is 0 Å². The van der Waals surface area contributed by atoms with Crippen molar-refractivity contribution in [2.45, 2.75) is 30.8 Å². The maximum atomic E-state index is 12.7. The molecule has 0 spiro atoms. The lowest BCUT2D eigenvalue weighted by Gasteiger charge is -2.23. The molecule has 1 saturated heterocycles. The Balaban J connectivity index is 2.25. The Kier molecular flexibility index (Phi) is 5.08. The SMILES string of the molecule is CCN(CC1CCCO1)S(=O)(=O)c1ccc(N)c(OC)c1. The monoisotopic (exact) mass is 314 g/mol. The number of hydrogen-bond acceptors (Lipinski definition) is 5. The lowest BCUT2D eigenvalue weighted by molar-refractivity contribution is 0.0947. The van der Waals surface area contributed by atoms with Gasteiger partial charge < -0.3 is 15.2 Å². The highest BCUT2D eigenvalue weighted by Crippen LogP contribution is 2.27. The van der Waals surface area contributed by atoms with E-state index in [0.717, 1.165) is 12.8 Å². The Morgan fingerprint density at radius 3 is 2.81 bits per heavy atom. The molecule has 21 heavy (non-hydrogen) atoms. The highest BCUT2D eigenvalue weighted by molar-refractivity contribution is 7.89. The van der Waals surface area contributed by atoms with Crippen molar-refractivity contribution in [1.82, 2.24) is 4.31 Å². The van der Waals surface area contributed by atoms with Crippen molar-refractivity contribution in [3.05, 3.63) is 18.2 Å². The first-order chi connectivity index (χ1) is 9.98. The molecule has 0 radical (unpaired) electrons. The van der Waals surface area contributed by atoms with E-state index in [-0.39, 0.29) is 11.0 Å². The maximum absolute atomic E-state index is 12.7. The third-order valence-corrected chi connectivity index (χ3v) is 5.56. The number of nitrogens with zero attached hydrogens (tertiary/aromatic N) is 1. The van der Waals surface area contributed by atoms with Crippen LogP contribution in [0, 0.1) is 0 Å². The van der Waals surface area contributed by atoms with Gasteiger partial charge in [0.1, 0.15) is 5.75 Å². The highest BCUT2D eigenvalue weighted by atomic mass is 32.2. The second-order valence-corrected chi connectivity index (χ2v) is 6.93. The molecule has 1 aliphatic heterocycles. The van der Waals surface area contributed by atoms with Crippen LogP contribution in [0.4, 0.5) is 5.69 Å². The van der Waals surface area contributed by atoms with Gasteiger partial charge in [-0.3, -0.25) is 0 Å². The van der Waals surface area contributed by atoms with Crippen molar-refractivity contribution in [3.63, 3.8) is 0 Å². The molecule has 2 N–H and O–H groups in total. The van der Waals surface area contributed by atoms with Gasteiger partial charge in [0, 0.05) is 25.8 Å². The van der Waals surface area contributed by atoms with E-state index < -0.39 is 10.0 Å². The van der Waals surface area contributed by atoms with Crippen LogP contribution in [0.15, 0.2) is 23.1 Å². The predicted octanol–water partition coefficient (Wildman–Crippen LogP) is 1.47. The number of nitrogen functional groups attached to an aromatic ring is 1. The summed E-state index contributed by atoms with van der Waals surface area (Å²) in [5.74, 6) is 0.365. The number of benzene rings is 1. The second-order valence-electron chi connectivity index (χ2n) is 4.99. The molecule has 0 aromatic heterocycles. The van der Waals surface area contributed by atoms with E-state index in [4.69, 9.17) is 15.2 Å². The first-order valence-electron chi connectivity index (χ1n) is 7.04. The normalized spacial score (nSPS) is 19.1. The molecule has 6 nitrogen and oxygen atoms in total. The van der Waals surface area contributed by atoms with Gasteiger partial charge in [-0.2, -0.15) is 4.31 Å². The van der Waals surface area contributed by atoms with Gasteiger partial charge in [0.05, 0.1) is 23.8 Å². The minimum Gasteiger partial charge on any atom is -0.495 e. The molecule has 7 heteroatoms. The first-order valence-corrected chi connectivity index (χ1v) is 8.48. The van der Waals surface area contributed by atoms with Crippen molar-refractivity contribution in [3.8, 4) is 5.75 Å². The number of hydrogen-bond donors (Lipinski definition) is 1. The van der Waals surface area contributed by atoms with Crippen molar-refractivity contribution in [1.29, 1.82) is 0 Å². The third-order valence-electron chi connectivity index (χ3n) is 3.63. The lowest BCUT2D eigenvalue weighted by atomic mass is 10.2. The summed E-state index contributed by atoms with van der Waals surface area (Å²) >= 11 is 0. The topological polar surface area (TPSA) is 81.9 Å². The third kappa shape index (κ3) is 3.48. The van der Waals surface area contributed by atoms with Crippen LogP contribution in [0.1, 0.15) is 19.8 Å². The van der Waals surface area contributed by atoms with Crippen LogP contribution in [-0.2, 0) is 14.8 Å². The summed E-state index contributed by atoms with van der Waals surface area (Å²) in [7, 11) is -2.11. The van der Waals surface area contributed by atoms with Gasteiger partial charge in [0.15, 0.2) is 0 Å². The molecule has 1 heterocycles. The van der Waals surface area contributed by atoms with Crippen LogP contribution in [0.25, 0.3) is 0 Å². The van der Waals surface area contributed by atoms with E-state index in [1.807, 2.05) is 6.92 Å². The Bertz CT molecular complexity index is 583. The maximum Gasteiger partial charge on any atom is 0.243 e. The molecule has 0 bridgehead atoms. The summed E-state index contributed by atoms with van der Waals surface area (Å²) in [6.07, 6.45) is 1.87. The fraction of sp³-hybridized carbons (Fsp3) is 0.571. The molecule has 1 aromatic carbocycles. The van der Waals surface area contributed by atoms with Gasteiger partial charge in [-0.15, -0.1) is 0 Å². The largest absolute Gasteiger partial charge is 0.495 e. The van der Waals surface area contributed by atoms with Crippen LogP contribution < -0.4 is 10.5 Å². The van der Waals surface area contributed by atoms with Crippen molar-refractivity contribution >= 4 is 15.7 Å². The van der Waals surface area contributed by atoms with Gasteiger partial charge in [-0.1, -0.05) is 6.92 Å². The molecule has 0 aliphatic carbocycles. The lowest BCUT2D eigenvalue weighted by Crippen LogP contribution is -2.37. The molecule has 0 saturated carbocycles. The first kappa shape index (κ1) is 16.1. The summed E-state index contributed by atoms with van der Waals surface area (Å²) in [4.78, 5) is 0.188. The smallest absolute Gasteiger partial charge is 0.243 e. The Morgan fingerprint density at radius 1 is 1.48 bits per heavy atom. The quantitative estimate of drug-likeness (QED) is 0.804. The summed E-state index contributed by atoms with van der Waals surface area (Å²) in [6.45, 7) is 3.30. The van der Waals surface area contributed by atoms with Crippen molar-refractivity contribution < 1.29 is 17.9 Å². The second kappa shape index (κ2) is 6.64. The van der Waals surface area contributed by atoms with Crippen LogP contribution in [0.5, 0.6) is 5.75 Å². The Hall–Kier alpha value is -1.31. The van der Waals surface area contributed by atoms with Gasteiger partial charge in [0.25, 0.3) is 0 Å². The zero-order chi connectivity index (χ0) is 15.5. The van der Waals surface area contributed by atoms with Crippen LogP contribution in [0.3, 0.4) is 0 Å². The predicted molar refractivity (Wildman–Crippen MR) is 80.8 cm³/mol. The van der Waals surface area contributed by atoms with Crippen LogP contribution >= 0.6 is 0 Å². The zero-order valence-electron chi connectivity index (χ0n) is 12.4. The van der Waals surface area contributed by atoms with Crippen LogP contribution in [-0.4, -0.2) is 45.6 Å². The molecule has 2 rings (SSSR count). The van der Waals surface area contributed by atoms with Gasteiger partial charge in [-0.25, -0.2) is 8.42 Å². The molecular formula is C14H22N2O4S. The molecular weight excluding hydrogens is 292 g/mol. The number of likely N-dealkylation sites (N-methyl/N-ethyl adjacent to an activating group) is 1. The fourth-order valence-corrected chi connectivity index (χ4v) is 3.91. The Labute approximate surface area is 125 Å². The number of anilines is 1. The van der Waals surface area contributed by atoms with E-state index in [1.165, 1.54) is 23.5 Å². The average Bonchev–Trinajstić information content (AvgIpc) is 2.97. The van der Waals surface area contributed by atoms with Crippen molar-refractivity contribution in [2.24, 2.45) is 0 Å². The molecule has 0 amide bonds. The molecule has 1 unspecified atom stereocenters. The molecule has 1 fully saturated rings. The zero-order valence-corrected chi connectivity index (χ0v) is 13.2. The summed E-state index contributed by atoms with van der Waals surface area (Å²) < 4.78 is 37.5. The van der Waals surface area contributed by atoms with E-state index >= 15 is 0 Å². The van der Waals surface area contributed by atoms with Crippen LogP contribution in [0.2, 0.25) is 0 Å². The number of rotatable bonds is 6. The summed E-state index contributed by atoms with van der Waals surface area (Å²) in [5.41, 5.74) is 6.15. The molecule has 1 atom stereocenters. The molecule has 1 aromatic rings. The van der Waals surface area contributed by atoms with Gasteiger partial charge in [0.2, 0.25) is 10.0 Å². The number of methoxy groups -OCH3 is 1. The number of ether oxygens (including phenoxy) is 2. The minimum atomic E-state index is -3.57. The standard InChI is InChI=1S/C14H22N2O4S/c1-3-16(10-11-5-4-8-20-11)21(17,18)12-6-7-13(15)14(9-12)19-2/h6-7,9,11H,3-5,8,10,15H2,1-2H3.